The standard InChI is InChI=1S/C18H28N4O4/c1-22(13-16(23)20-12-15-8-5-11-26-15)17(24)9-10-19-18(25)21-14-6-3-2-4-7-14/h5,8,11,14H,2-4,6-7,9-10,12-13H2,1H3,(H,20,23)(H2,19,21,25). The Hall–Kier alpha value is -2.51. The van der Waals surface area contributed by atoms with Crippen LogP contribution in [0.4, 0.5) is 4.79 Å². The number of nitrogens with zero attached hydrogens (tertiary/aromatic N) is 1. The summed E-state index contributed by atoms with van der Waals surface area (Å²) in [6, 6.07) is 3.51. The maximum absolute atomic E-state index is 12.0. The van der Waals surface area contributed by atoms with Crippen molar-refractivity contribution in [3.63, 3.8) is 0 Å². The zero-order chi connectivity index (χ0) is 18.8. The second-order valence-corrected chi connectivity index (χ2v) is 6.59. The fourth-order valence-electron chi connectivity index (χ4n) is 2.92. The summed E-state index contributed by atoms with van der Waals surface area (Å²) >= 11 is 0. The van der Waals surface area contributed by atoms with Crippen LogP contribution in [0.1, 0.15) is 44.3 Å². The van der Waals surface area contributed by atoms with Crippen molar-refractivity contribution in [2.75, 3.05) is 20.1 Å². The zero-order valence-corrected chi connectivity index (χ0v) is 15.3. The van der Waals surface area contributed by atoms with E-state index in [1.54, 1.807) is 19.2 Å². The van der Waals surface area contributed by atoms with Crippen molar-refractivity contribution in [1.82, 2.24) is 20.9 Å². The first-order valence-corrected chi connectivity index (χ1v) is 9.12. The molecule has 144 valence electrons. The Balaban J connectivity index is 1.57. The summed E-state index contributed by atoms with van der Waals surface area (Å²) in [6.07, 6.45) is 7.25. The molecule has 0 aromatic carbocycles. The van der Waals surface area contributed by atoms with Gasteiger partial charge in [-0.05, 0) is 25.0 Å². The topological polar surface area (TPSA) is 104 Å². The average molecular weight is 364 g/mol. The minimum atomic E-state index is -0.264. The Kier molecular flexibility index (Phi) is 7.98. The van der Waals surface area contributed by atoms with E-state index < -0.39 is 0 Å². The van der Waals surface area contributed by atoms with Gasteiger partial charge in [0, 0.05) is 26.1 Å². The van der Waals surface area contributed by atoms with Gasteiger partial charge < -0.3 is 25.3 Å². The monoisotopic (exact) mass is 364 g/mol. The van der Waals surface area contributed by atoms with Crippen LogP contribution < -0.4 is 16.0 Å². The molecule has 0 saturated heterocycles. The number of nitrogens with one attached hydrogen (secondary N) is 3. The van der Waals surface area contributed by atoms with Gasteiger partial charge in [-0.25, -0.2) is 4.79 Å². The molecule has 1 heterocycles. The van der Waals surface area contributed by atoms with Gasteiger partial charge in [-0.3, -0.25) is 9.59 Å². The van der Waals surface area contributed by atoms with Crippen molar-refractivity contribution < 1.29 is 18.8 Å². The Bertz CT molecular complexity index is 582. The van der Waals surface area contributed by atoms with E-state index in [0.29, 0.717) is 5.76 Å². The third-order valence-electron chi connectivity index (χ3n) is 4.41. The summed E-state index contributed by atoms with van der Waals surface area (Å²) in [5.74, 6) is 0.192. The van der Waals surface area contributed by atoms with E-state index >= 15 is 0 Å². The Morgan fingerprint density at radius 3 is 2.65 bits per heavy atom. The first-order chi connectivity index (χ1) is 12.5. The second-order valence-electron chi connectivity index (χ2n) is 6.59. The van der Waals surface area contributed by atoms with E-state index in [0.717, 1.165) is 25.7 Å². The molecular formula is C18H28N4O4. The summed E-state index contributed by atoms with van der Waals surface area (Å²) in [7, 11) is 1.57. The van der Waals surface area contributed by atoms with Crippen molar-refractivity contribution in [2.24, 2.45) is 0 Å². The van der Waals surface area contributed by atoms with E-state index in [1.807, 2.05) is 0 Å². The molecule has 0 aliphatic heterocycles. The van der Waals surface area contributed by atoms with Gasteiger partial charge in [0.2, 0.25) is 11.8 Å². The highest BCUT2D eigenvalue weighted by Crippen LogP contribution is 2.17. The van der Waals surface area contributed by atoms with Crippen LogP contribution in [0.5, 0.6) is 0 Å². The van der Waals surface area contributed by atoms with E-state index in [-0.39, 0.29) is 49.9 Å². The van der Waals surface area contributed by atoms with E-state index in [9.17, 15) is 14.4 Å². The molecule has 8 heteroatoms. The number of rotatable bonds is 8. The summed E-state index contributed by atoms with van der Waals surface area (Å²) in [5.41, 5.74) is 0. The highest BCUT2D eigenvalue weighted by Gasteiger charge is 2.16. The van der Waals surface area contributed by atoms with Crippen molar-refractivity contribution >= 4 is 17.8 Å². The fraction of sp³-hybridized carbons (Fsp3) is 0.611. The molecule has 1 aromatic rings. The number of hydrogen-bond donors (Lipinski definition) is 3. The first kappa shape index (κ1) is 19.8. The quantitative estimate of drug-likeness (QED) is 0.648. The number of furan rings is 1. The van der Waals surface area contributed by atoms with Crippen LogP contribution in [0.15, 0.2) is 22.8 Å². The average Bonchev–Trinajstić information content (AvgIpc) is 3.14. The van der Waals surface area contributed by atoms with Gasteiger partial charge in [0.15, 0.2) is 0 Å². The number of carbonyl (C=O) groups is 3. The normalized spacial score (nSPS) is 14.5. The Labute approximate surface area is 153 Å². The molecule has 2 rings (SSSR count). The lowest BCUT2D eigenvalue weighted by molar-refractivity contribution is -0.134. The highest BCUT2D eigenvalue weighted by molar-refractivity contribution is 5.85. The second kappa shape index (κ2) is 10.5. The Morgan fingerprint density at radius 1 is 1.19 bits per heavy atom. The molecular weight excluding hydrogens is 336 g/mol. The van der Waals surface area contributed by atoms with Gasteiger partial charge >= 0.3 is 6.03 Å². The molecule has 1 aromatic heterocycles. The van der Waals surface area contributed by atoms with Crippen LogP contribution in [-0.2, 0) is 16.1 Å². The van der Waals surface area contributed by atoms with Gasteiger partial charge in [-0.15, -0.1) is 0 Å². The number of amides is 4. The molecule has 1 saturated carbocycles. The lowest BCUT2D eigenvalue weighted by Gasteiger charge is -2.23. The molecule has 0 atom stereocenters. The molecule has 0 unspecified atom stereocenters. The van der Waals surface area contributed by atoms with Crippen LogP contribution in [0.3, 0.4) is 0 Å². The molecule has 1 fully saturated rings. The van der Waals surface area contributed by atoms with E-state index in [2.05, 4.69) is 16.0 Å². The van der Waals surface area contributed by atoms with Crippen molar-refractivity contribution in [3.05, 3.63) is 24.2 Å². The molecule has 0 bridgehead atoms. The molecule has 3 N–H and O–H groups in total. The lowest BCUT2D eigenvalue weighted by Crippen LogP contribution is -2.44. The summed E-state index contributed by atoms with van der Waals surface area (Å²) in [6.45, 7) is 0.500. The minimum Gasteiger partial charge on any atom is -0.467 e. The molecule has 8 nitrogen and oxygen atoms in total. The van der Waals surface area contributed by atoms with Crippen molar-refractivity contribution in [2.45, 2.75) is 51.1 Å². The fourth-order valence-corrected chi connectivity index (χ4v) is 2.92. The van der Waals surface area contributed by atoms with E-state index in [1.165, 1.54) is 17.6 Å². The number of carbonyl (C=O) groups excluding carboxylic acids is 3. The van der Waals surface area contributed by atoms with Crippen molar-refractivity contribution in [1.29, 1.82) is 0 Å². The van der Waals surface area contributed by atoms with Crippen LogP contribution in [0.25, 0.3) is 0 Å². The van der Waals surface area contributed by atoms with Crippen molar-refractivity contribution in [3.8, 4) is 0 Å². The predicted molar refractivity (Wildman–Crippen MR) is 96.2 cm³/mol. The third kappa shape index (κ3) is 7.16. The maximum atomic E-state index is 12.0. The van der Waals surface area contributed by atoms with Crippen LogP contribution >= 0.6 is 0 Å². The lowest BCUT2D eigenvalue weighted by atomic mass is 9.96. The zero-order valence-electron chi connectivity index (χ0n) is 15.3. The third-order valence-corrected chi connectivity index (χ3v) is 4.41. The molecule has 1 aliphatic rings. The molecule has 1 aliphatic carbocycles. The van der Waals surface area contributed by atoms with E-state index in [4.69, 9.17) is 4.42 Å². The van der Waals surface area contributed by atoms with Gasteiger partial charge in [0.05, 0.1) is 19.4 Å². The molecule has 0 radical (unpaired) electrons. The van der Waals surface area contributed by atoms with Crippen LogP contribution in [0.2, 0.25) is 0 Å². The molecule has 0 spiro atoms. The van der Waals surface area contributed by atoms with Gasteiger partial charge in [-0.1, -0.05) is 19.3 Å². The van der Waals surface area contributed by atoms with Gasteiger partial charge in [0.25, 0.3) is 0 Å². The maximum Gasteiger partial charge on any atom is 0.315 e. The predicted octanol–water partition coefficient (Wildman–Crippen LogP) is 1.38. The minimum absolute atomic E-state index is 0.0339. The van der Waals surface area contributed by atoms with Gasteiger partial charge in [-0.2, -0.15) is 0 Å². The summed E-state index contributed by atoms with van der Waals surface area (Å²) in [4.78, 5) is 37.0. The van der Waals surface area contributed by atoms with Gasteiger partial charge in [0.1, 0.15) is 5.76 Å². The van der Waals surface area contributed by atoms with Crippen LogP contribution in [-0.4, -0.2) is 48.9 Å². The highest BCUT2D eigenvalue weighted by atomic mass is 16.3. The number of likely N-dealkylation sites (N-methyl/N-ethyl adjacent to an activating group) is 1. The summed E-state index contributed by atoms with van der Waals surface area (Å²) < 4.78 is 5.12. The largest absolute Gasteiger partial charge is 0.467 e. The SMILES string of the molecule is CN(CC(=O)NCc1ccco1)C(=O)CCNC(=O)NC1CCCCC1. The summed E-state index contributed by atoms with van der Waals surface area (Å²) in [5, 5.41) is 8.32. The molecule has 26 heavy (non-hydrogen) atoms. The number of urea groups is 1. The molecule has 4 amide bonds. The Morgan fingerprint density at radius 2 is 1.96 bits per heavy atom. The first-order valence-electron chi connectivity index (χ1n) is 9.12. The van der Waals surface area contributed by atoms with Crippen LogP contribution in [0, 0.1) is 0 Å². The smallest absolute Gasteiger partial charge is 0.315 e. The number of hydrogen-bond acceptors (Lipinski definition) is 4.